The number of carbonyl (C=O) groups is 1. The summed E-state index contributed by atoms with van der Waals surface area (Å²) in [5, 5.41) is 6.50. The molecule has 1 fully saturated rings. The standard InChI is InChI=1S/C31H32N8O/c40-31(34-26-14-8-3-9-15-26)38-20-18-37(19-21-38)30-35-28(32-17-16-24-10-4-1-5-11-24)27-29(36-30)39(23-33-27)22-25-12-6-2-7-13-25/h1-15,23H,16-22H2,(H,34,40)(H,32,35,36). The molecule has 1 aliphatic heterocycles. The van der Waals surface area contributed by atoms with Crippen LogP contribution in [0, 0.1) is 0 Å². The number of amides is 2. The summed E-state index contributed by atoms with van der Waals surface area (Å²) >= 11 is 0. The molecule has 3 aromatic carbocycles. The molecule has 0 bridgehead atoms. The summed E-state index contributed by atoms with van der Waals surface area (Å²) in [5.74, 6) is 1.37. The van der Waals surface area contributed by atoms with Crippen LogP contribution in [0.1, 0.15) is 11.1 Å². The zero-order chi connectivity index (χ0) is 27.1. The van der Waals surface area contributed by atoms with Crippen LogP contribution in [-0.4, -0.2) is 63.2 Å². The number of anilines is 3. The molecule has 0 saturated carbocycles. The molecule has 6 rings (SSSR count). The van der Waals surface area contributed by atoms with Crippen molar-refractivity contribution in [2.45, 2.75) is 13.0 Å². The number of carbonyl (C=O) groups excluding carboxylic acids is 1. The van der Waals surface area contributed by atoms with E-state index in [0.29, 0.717) is 38.7 Å². The summed E-state index contributed by atoms with van der Waals surface area (Å²) < 4.78 is 2.07. The van der Waals surface area contributed by atoms with Crippen LogP contribution in [0.3, 0.4) is 0 Å². The second-order valence-corrected chi connectivity index (χ2v) is 9.84. The number of fused-ring (bicyclic) bond motifs is 1. The van der Waals surface area contributed by atoms with Crippen molar-refractivity contribution in [1.29, 1.82) is 0 Å². The molecule has 202 valence electrons. The third-order valence-corrected chi connectivity index (χ3v) is 7.07. The van der Waals surface area contributed by atoms with Gasteiger partial charge in [0.15, 0.2) is 17.0 Å². The molecule has 2 N–H and O–H groups in total. The molecule has 0 radical (unpaired) electrons. The molecule has 0 spiro atoms. The Labute approximate surface area is 233 Å². The molecule has 0 atom stereocenters. The fourth-order valence-corrected chi connectivity index (χ4v) is 4.90. The van der Waals surface area contributed by atoms with E-state index in [0.717, 1.165) is 35.6 Å². The Morgan fingerprint density at radius 1 is 0.775 bits per heavy atom. The van der Waals surface area contributed by atoms with Crippen LogP contribution in [0.15, 0.2) is 97.3 Å². The second-order valence-electron chi connectivity index (χ2n) is 9.84. The lowest BCUT2D eigenvalue weighted by molar-refractivity contribution is 0.208. The first kappa shape index (κ1) is 25.4. The van der Waals surface area contributed by atoms with Gasteiger partial charge in [0.25, 0.3) is 0 Å². The van der Waals surface area contributed by atoms with Crippen molar-refractivity contribution < 1.29 is 4.79 Å². The van der Waals surface area contributed by atoms with Gasteiger partial charge < -0.3 is 25.0 Å². The Bertz CT molecular complexity index is 1550. The van der Waals surface area contributed by atoms with Crippen LogP contribution < -0.4 is 15.5 Å². The number of urea groups is 1. The average Bonchev–Trinajstić information content (AvgIpc) is 3.41. The summed E-state index contributed by atoms with van der Waals surface area (Å²) in [6.45, 7) is 3.85. The Balaban J connectivity index is 1.21. The van der Waals surface area contributed by atoms with Crippen molar-refractivity contribution in [3.8, 4) is 0 Å². The maximum atomic E-state index is 12.8. The molecule has 3 heterocycles. The van der Waals surface area contributed by atoms with Crippen LogP contribution in [0.5, 0.6) is 0 Å². The van der Waals surface area contributed by atoms with Crippen molar-refractivity contribution in [3.05, 3.63) is 108 Å². The minimum Gasteiger partial charge on any atom is -0.368 e. The Morgan fingerprint density at radius 3 is 2.12 bits per heavy atom. The Morgan fingerprint density at radius 2 is 1.43 bits per heavy atom. The van der Waals surface area contributed by atoms with E-state index >= 15 is 0 Å². The zero-order valence-corrected chi connectivity index (χ0v) is 22.3. The highest BCUT2D eigenvalue weighted by atomic mass is 16.2. The van der Waals surface area contributed by atoms with Gasteiger partial charge >= 0.3 is 6.03 Å². The molecule has 2 aromatic heterocycles. The number of para-hydroxylation sites is 1. The largest absolute Gasteiger partial charge is 0.368 e. The number of piperazine rings is 1. The number of hydrogen-bond acceptors (Lipinski definition) is 6. The van der Waals surface area contributed by atoms with E-state index in [1.807, 2.05) is 65.8 Å². The number of hydrogen-bond donors (Lipinski definition) is 2. The van der Waals surface area contributed by atoms with Crippen LogP contribution >= 0.6 is 0 Å². The van der Waals surface area contributed by atoms with Gasteiger partial charge in [0.1, 0.15) is 0 Å². The molecular formula is C31H32N8O. The van der Waals surface area contributed by atoms with Gasteiger partial charge in [-0.2, -0.15) is 9.97 Å². The quantitative estimate of drug-likeness (QED) is 0.296. The Kier molecular flexibility index (Phi) is 7.52. The van der Waals surface area contributed by atoms with E-state index in [1.54, 1.807) is 0 Å². The topological polar surface area (TPSA) is 91.2 Å². The van der Waals surface area contributed by atoms with Crippen molar-refractivity contribution in [1.82, 2.24) is 24.4 Å². The maximum Gasteiger partial charge on any atom is 0.321 e. The molecule has 40 heavy (non-hydrogen) atoms. The number of aromatic nitrogens is 4. The van der Waals surface area contributed by atoms with Gasteiger partial charge in [-0.15, -0.1) is 0 Å². The molecule has 2 amide bonds. The molecule has 9 nitrogen and oxygen atoms in total. The Hall–Kier alpha value is -4.92. The van der Waals surface area contributed by atoms with E-state index in [1.165, 1.54) is 11.1 Å². The fourth-order valence-electron chi connectivity index (χ4n) is 4.90. The average molecular weight is 533 g/mol. The zero-order valence-electron chi connectivity index (χ0n) is 22.3. The highest BCUT2D eigenvalue weighted by Gasteiger charge is 2.24. The first-order valence-corrected chi connectivity index (χ1v) is 13.6. The van der Waals surface area contributed by atoms with Gasteiger partial charge in [-0.05, 0) is 29.7 Å². The first-order valence-electron chi connectivity index (χ1n) is 13.6. The van der Waals surface area contributed by atoms with Crippen LogP contribution in [-0.2, 0) is 13.0 Å². The van der Waals surface area contributed by atoms with Crippen molar-refractivity contribution in [2.24, 2.45) is 0 Å². The lowest BCUT2D eigenvalue weighted by Gasteiger charge is -2.34. The van der Waals surface area contributed by atoms with Crippen molar-refractivity contribution in [2.75, 3.05) is 48.3 Å². The normalized spacial score (nSPS) is 13.4. The van der Waals surface area contributed by atoms with E-state index < -0.39 is 0 Å². The SMILES string of the molecule is O=C(Nc1ccccc1)N1CCN(c2nc(NCCc3ccccc3)c3ncn(Cc4ccccc4)c3n2)CC1. The van der Waals surface area contributed by atoms with E-state index in [2.05, 4.69) is 56.5 Å². The third kappa shape index (κ3) is 5.88. The minimum atomic E-state index is -0.0913. The highest BCUT2D eigenvalue weighted by molar-refractivity contribution is 5.89. The second kappa shape index (κ2) is 11.9. The van der Waals surface area contributed by atoms with Gasteiger partial charge in [-0.1, -0.05) is 78.9 Å². The molecule has 0 aliphatic carbocycles. The summed E-state index contributed by atoms with van der Waals surface area (Å²) in [4.78, 5) is 31.4. The molecule has 1 saturated heterocycles. The van der Waals surface area contributed by atoms with Crippen LogP contribution in [0.4, 0.5) is 22.2 Å². The molecular weight excluding hydrogens is 500 g/mol. The summed E-state index contributed by atoms with van der Waals surface area (Å²) in [6.07, 6.45) is 2.71. The summed E-state index contributed by atoms with van der Waals surface area (Å²) in [7, 11) is 0. The van der Waals surface area contributed by atoms with Gasteiger partial charge in [0.05, 0.1) is 12.9 Å². The van der Waals surface area contributed by atoms with Gasteiger partial charge in [-0.25, -0.2) is 9.78 Å². The number of nitrogens with zero attached hydrogens (tertiary/aromatic N) is 6. The molecule has 5 aromatic rings. The van der Waals surface area contributed by atoms with Crippen LogP contribution in [0.25, 0.3) is 11.2 Å². The van der Waals surface area contributed by atoms with E-state index in [4.69, 9.17) is 15.0 Å². The maximum absolute atomic E-state index is 12.8. The number of imidazole rings is 1. The number of benzene rings is 3. The monoisotopic (exact) mass is 532 g/mol. The molecule has 0 unspecified atom stereocenters. The van der Waals surface area contributed by atoms with Crippen molar-refractivity contribution in [3.63, 3.8) is 0 Å². The first-order chi connectivity index (χ1) is 19.7. The van der Waals surface area contributed by atoms with Gasteiger partial charge in [0.2, 0.25) is 5.95 Å². The van der Waals surface area contributed by atoms with E-state index in [9.17, 15) is 4.79 Å². The summed E-state index contributed by atoms with van der Waals surface area (Å²) in [6, 6.07) is 30.2. The van der Waals surface area contributed by atoms with Crippen LogP contribution in [0.2, 0.25) is 0 Å². The smallest absolute Gasteiger partial charge is 0.321 e. The van der Waals surface area contributed by atoms with Gasteiger partial charge in [0, 0.05) is 38.4 Å². The van der Waals surface area contributed by atoms with E-state index in [-0.39, 0.29) is 6.03 Å². The lowest BCUT2D eigenvalue weighted by atomic mass is 10.1. The predicted octanol–water partition coefficient (Wildman–Crippen LogP) is 4.88. The van der Waals surface area contributed by atoms with Crippen molar-refractivity contribution >= 4 is 34.6 Å². The lowest BCUT2D eigenvalue weighted by Crippen LogP contribution is -2.50. The summed E-state index contributed by atoms with van der Waals surface area (Å²) in [5.41, 5.74) is 4.79. The molecule has 9 heteroatoms. The van der Waals surface area contributed by atoms with Gasteiger partial charge in [-0.3, -0.25) is 0 Å². The highest BCUT2D eigenvalue weighted by Crippen LogP contribution is 2.24. The predicted molar refractivity (Wildman–Crippen MR) is 159 cm³/mol. The number of nitrogens with one attached hydrogen (secondary N) is 2. The third-order valence-electron chi connectivity index (χ3n) is 7.07. The minimum absolute atomic E-state index is 0.0913. The fraction of sp³-hybridized carbons (Fsp3) is 0.226. The number of rotatable bonds is 8. The molecule has 1 aliphatic rings.